The summed E-state index contributed by atoms with van der Waals surface area (Å²) in [6.07, 6.45) is 0.506. The Balaban J connectivity index is 1.63. The third-order valence-electron chi connectivity index (χ3n) is 3.71. The van der Waals surface area contributed by atoms with Crippen LogP contribution < -0.4 is 15.5 Å². The molecule has 0 spiro atoms. The largest absolute Gasteiger partial charge is 0.383 e. The SMILES string of the molecule is CN1C(=O)Cc2cc(NCC3COCCN3)ccc21. The number of nitrogens with zero attached hydrogens (tertiary/aromatic N) is 1. The summed E-state index contributed by atoms with van der Waals surface area (Å²) < 4.78 is 5.42. The Morgan fingerprint density at radius 1 is 1.53 bits per heavy atom. The number of likely N-dealkylation sites (N-methyl/N-ethyl adjacent to an activating group) is 1. The average Bonchev–Trinajstić information content (AvgIpc) is 2.73. The monoisotopic (exact) mass is 261 g/mol. The van der Waals surface area contributed by atoms with Crippen LogP contribution in [0.2, 0.25) is 0 Å². The van der Waals surface area contributed by atoms with Crippen LogP contribution in [0.1, 0.15) is 5.56 Å². The van der Waals surface area contributed by atoms with Crippen molar-refractivity contribution in [3.05, 3.63) is 23.8 Å². The molecule has 0 radical (unpaired) electrons. The first-order chi connectivity index (χ1) is 9.24. The van der Waals surface area contributed by atoms with Crippen molar-refractivity contribution in [2.75, 3.05) is 43.6 Å². The number of anilines is 2. The van der Waals surface area contributed by atoms with Crippen molar-refractivity contribution < 1.29 is 9.53 Å². The van der Waals surface area contributed by atoms with E-state index in [9.17, 15) is 4.79 Å². The second-order valence-electron chi connectivity index (χ2n) is 5.08. The summed E-state index contributed by atoms with van der Waals surface area (Å²) in [5.74, 6) is 0.162. The average molecular weight is 261 g/mol. The van der Waals surface area contributed by atoms with Gasteiger partial charge >= 0.3 is 0 Å². The quantitative estimate of drug-likeness (QED) is 0.837. The van der Waals surface area contributed by atoms with Gasteiger partial charge in [0.25, 0.3) is 0 Å². The van der Waals surface area contributed by atoms with E-state index in [0.717, 1.165) is 43.2 Å². The molecule has 2 aliphatic rings. The molecule has 1 aromatic rings. The lowest BCUT2D eigenvalue weighted by Gasteiger charge is -2.24. The normalized spacial score (nSPS) is 22.5. The van der Waals surface area contributed by atoms with E-state index in [-0.39, 0.29) is 5.91 Å². The van der Waals surface area contributed by atoms with Crippen molar-refractivity contribution in [2.45, 2.75) is 12.5 Å². The molecule has 1 unspecified atom stereocenters. The Kier molecular flexibility index (Phi) is 3.40. The van der Waals surface area contributed by atoms with E-state index in [1.165, 1.54) is 0 Å². The van der Waals surface area contributed by atoms with Gasteiger partial charge in [0.05, 0.1) is 19.6 Å². The number of carbonyl (C=O) groups excluding carboxylic acids is 1. The molecule has 1 amide bonds. The van der Waals surface area contributed by atoms with Crippen molar-refractivity contribution in [2.24, 2.45) is 0 Å². The minimum Gasteiger partial charge on any atom is -0.383 e. The van der Waals surface area contributed by atoms with Crippen molar-refractivity contribution >= 4 is 17.3 Å². The van der Waals surface area contributed by atoms with Gasteiger partial charge in [0.2, 0.25) is 5.91 Å². The first kappa shape index (κ1) is 12.4. The molecule has 3 rings (SSSR count). The third-order valence-corrected chi connectivity index (χ3v) is 3.71. The highest BCUT2D eigenvalue weighted by Gasteiger charge is 2.23. The van der Waals surface area contributed by atoms with Crippen molar-refractivity contribution in [1.29, 1.82) is 0 Å². The molecular weight excluding hydrogens is 242 g/mol. The van der Waals surface area contributed by atoms with Gasteiger partial charge in [-0.25, -0.2) is 0 Å². The summed E-state index contributed by atoms with van der Waals surface area (Å²) >= 11 is 0. The third kappa shape index (κ3) is 2.57. The van der Waals surface area contributed by atoms with E-state index >= 15 is 0 Å². The Morgan fingerprint density at radius 3 is 3.21 bits per heavy atom. The Bertz CT molecular complexity index is 484. The molecule has 1 saturated heterocycles. The number of amides is 1. The Morgan fingerprint density at radius 2 is 2.42 bits per heavy atom. The van der Waals surface area contributed by atoms with E-state index in [1.807, 2.05) is 19.2 Å². The minimum absolute atomic E-state index is 0.162. The fourth-order valence-corrected chi connectivity index (χ4v) is 2.57. The van der Waals surface area contributed by atoms with Gasteiger partial charge in [0, 0.05) is 37.6 Å². The number of nitrogens with one attached hydrogen (secondary N) is 2. The number of morpholine rings is 1. The first-order valence-electron chi connectivity index (χ1n) is 6.68. The predicted octanol–water partition coefficient (Wildman–Crippen LogP) is 0.606. The van der Waals surface area contributed by atoms with E-state index in [0.29, 0.717) is 12.5 Å². The van der Waals surface area contributed by atoms with E-state index in [4.69, 9.17) is 4.74 Å². The second kappa shape index (κ2) is 5.19. The molecule has 102 valence electrons. The Hall–Kier alpha value is -1.59. The summed E-state index contributed by atoms with van der Waals surface area (Å²) in [6.45, 7) is 3.29. The minimum atomic E-state index is 0.162. The van der Waals surface area contributed by atoms with Gasteiger partial charge in [-0.1, -0.05) is 0 Å². The lowest BCUT2D eigenvalue weighted by Crippen LogP contribution is -2.45. The van der Waals surface area contributed by atoms with Crippen molar-refractivity contribution in [3.8, 4) is 0 Å². The van der Waals surface area contributed by atoms with Gasteiger partial charge in [0.1, 0.15) is 0 Å². The van der Waals surface area contributed by atoms with Crippen LogP contribution in [0.5, 0.6) is 0 Å². The zero-order valence-electron chi connectivity index (χ0n) is 11.1. The fourth-order valence-electron chi connectivity index (χ4n) is 2.57. The van der Waals surface area contributed by atoms with Crippen LogP contribution >= 0.6 is 0 Å². The zero-order valence-corrected chi connectivity index (χ0v) is 11.1. The summed E-state index contributed by atoms with van der Waals surface area (Å²) in [7, 11) is 1.82. The van der Waals surface area contributed by atoms with Gasteiger partial charge < -0.3 is 20.3 Å². The highest BCUT2D eigenvalue weighted by atomic mass is 16.5. The smallest absolute Gasteiger partial charge is 0.231 e. The lowest BCUT2D eigenvalue weighted by atomic mass is 10.1. The van der Waals surface area contributed by atoms with Crippen LogP contribution in [-0.4, -0.2) is 45.3 Å². The molecule has 2 heterocycles. The summed E-state index contributed by atoms with van der Waals surface area (Å²) in [5, 5.41) is 6.81. The number of rotatable bonds is 3. The summed E-state index contributed by atoms with van der Waals surface area (Å²) in [6, 6.07) is 6.46. The van der Waals surface area contributed by atoms with Crippen LogP contribution in [-0.2, 0) is 16.0 Å². The highest BCUT2D eigenvalue weighted by molar-refractivity contribution is 6.01. The fraction of sp³-hybridized carbons (Fsp3) is 0.500. The van der Waals surface area contributed by atoms with Crippen LogP contribution in [0.25, 0.3) is 0 Å². The number of carbonyl (C=O) groups is 1. The standard InChI is InChI=1S/C14H19N3O2/c1-17-13-3-2-11(6-10(13)7-14(17)18)16-8-12-9-19-5-4-15-12/h2-3,6,12,15-16H,4-5,7-9H2,1H3. The van der Waals surface area contributed by atoms with Gasteiger partial charge in [-0.05, 0) is 23.8 Å². The molecule has 19 heavy (non-hydrogen) atoms. The predicted molar refractivity (Wildman–Crippen MR) is 74.7 cm³/mol. The summed E-state index contributed by atoms with van der Waals surface area (Å²) in [4.78, 5) is 13.3. The number of ether oxygens (including phenoxy) is 1. The number of hydrogen-bond acceptors (Lipinski definition) is 4. The molecule has 0 bridgehead atoms. The van der Waals surface area contributed by atoms with Crippen LogP contribution in [0.3, 0.4) is 0 Å². The van der Waals surface area contributed by atoms with Gasteiger partial charge in [-0.15, -0.1) is 0 Å². The van der Waals surface area contributed by atoms with Gasteiger partial charge in [-0.3, -0.25) is 4.79 Å². The number of hydrogen-bond donors (Lipinski definition) is 2. The molecule has 0 aliphatic carbocycles. The molecule has 0 aromatic heterocycles. The van der Waals surface area contributed by atoms with Crippen LogP contribution in [0.15, 0.2) is 18.2 Å². The molecule has 5 heteroatoms. The first-order valence-corrected chi connectivity index (χ1v) is 6.68. The van der Waals surface area contributed by atoms with E-state index in [2.05, 4.69) is 16.7 Å². The Labute approximate surface area is 112 Å². The maximum atomic E-state index is 11.6. The molecule has 2 aliphatic heterocycles. The van der Waals surface area contributed by atoms with E-state index < -0.39 is 0 Å². The lowest BCUT2D eigenvalue weighted by molar-refractivity contribution is -0.117. The zero-order chi connectivity index (χ0) is 13.2. The van der Waals surface area contributed by atoms with Crippen molar-refractivity contribution in [3.63, 3.8) is 0 Å². The molecule has 2 N–H and O–H groups in total. The highest BCUT2D eigenvalue weighted by Crippen LogP contribution is 2.29. The molecular formula is C14H19N3O2. The van der Waals surface area contributed by atoms with E-state index in [1.54, 1.807) is 4.90 Å². The van der Waals surface area contributed by atoms with Gasteiger partial charge in [0.15, 0.2) is 0 Å². The van der Waals surface area contributed by atoms with Crippen molar-refractivity contribution in [1.82, 2.24) is 5.32 Å². The number of fused-ring (bicyclic) bond motifs is 1. The maximum Gasteiger partial charge on any atom is 0.231 e. The number of benzene rings is 1. The van der Waals surface area contributed by atoms with Crippen LogP contribution in [0, 0.1) is 0 Å². The molecule has 1 atom stereocenters. The topological polar surface area (TPSA) is 53.6 Å². The van der Waals surface area contributed by atoms with Gasteiger partial charge in [-0.2, -0.15) is 0 Å². The molecule has 1 fully saturated rings. The molecule has 5 nitrogen and oxygen atoms in total. The molecule has 1 aromatic carbocycles. The maximum absolute atomic E-state index is 11.6. The summed E-state index contributed by atoms with van der Waals surface area (Å²) in [5.41, 5.74) is 3.19. The second-order valence-corrected chi connectivity index (χ2v) is 5.08. The molecule has 0 saturated carbocycles. The van der Waals surface area contributed by atoms with Crippen LogP contribution in [0.4, 0.5) is 11.4 Å².